The number of aromatic nitrogens is 1. The van der Waals surface area contributed by atoms with Gasteiger partial charge in [-0.1, -0.05) is 6.92 Å². The third-order valence-electron chi connectivity index (χ3n) is 2.46. The van der Waals surface area contributed by atoms with E-state index in [0.717, 1.165) is 0 Å². The van der Waals surface area contributed by atoms with E-state index in [9.17, 15) is 13.2 Å². The van der Waals surface area contributed by atoms with Crippen LogP contribution in [0.15, 0.2) is 27.8 Å². The molecular weight excluding hydrogens is 336 g/mol. The van der Waals surface area contributed by atoms with Gasteiger partial charge in [0.05, 0.1) is 0 Å². The highest BCUT2D eigenvalue weighted by Crippen LogP contribution is 2.14. The summed E-state index contributed by atoms with van der Waals surface area (Å²) < 4.78 is 26.9. The van der Waals surface area contributed by atoms with Crippen molar-refractivity contribution in [3.63, 3.8) is 0 Å². The number of aliphatic carboxylic acids is 1. The van der Waals surface area contributed by atoms with Crippen molar-refractivity contribution in [2.24, 2.45) is 5.92 Å². The first-order valence-electron chi connectivity index (χ1n) is 5.63. The van der Waals surface area contributed by atoms with E-state index >= 15 is 0 Å². The fourth-order valence-corrected chi connectivity index (χ4v) is 3.02. The van der Waals surface area contributed by atoms with Crippen LogP contribution in [-0.4, -0.2) is 31.0 Å². The fourth-order valence-electron chi connectivity index (χ4n) is 1.35. The molecule has 6 nitrogen and oxygen atoms in total. The summed E-state index contributed by atoms with van der Waals surface area (Å²) in [4.78, 5) is 14.3. The molecule has 0 amide bonds. The highest BCUT2D eigenvalue weighted by atomic mass is 79.9. The number of nitrogens with one attached hydrogen (secondary N) is 1. The molecule has 106 valence electrons. The predicted molar refractivity (Wildman–Crippen MR) is 73.2 cm³/mol. The van der Waals surface area contributed by atoms with Gasteiger partial charge in [0.15, 0.2) is 0 Å². The third-order valence-corrected chi connectivity index (χ3v) is 4.29. The molecule has 0 aliphatic heterocycles. The van der Waals surface area contributed by atoms with Crippen LogP contribution in [-0.2, 0) is 14.8 Å². The summed E-state index contributed by atoms with van der Waals surface area (Å²) in [6.07, 6.45) is 3.21. The Morgan fingerprint density at radius 2 is 2.21 bits per heavy atom. The second-order valence-corrected chi connectivity index (χ2v) is 6.91. The molecule has 19 heavy (non-hydrogen) atoms. The maximum absolute atomic E-state index is 11.9. The largest absolute Gasteiger partial charge is 0.481 e. The molecule has 0 radical (unpaired) electrons. The molecular formula is C11H15BrN2O4S. The molecule has 1 atom stereocenters. The lowest BCUT2D eigenvalue weighted by atomic mass is 10.1. The topological polar surface area (TPSA) is 96.4 Å². The summed E-state index contributed by atoms with van der Waals surface area (Å²) in [5, 5.41) is 8.55. The van der Waals surface area contributed by atoms with E-state index in [2.05, 4.69) is 25.6 Å². The molecule has 0 fully saturated rings. The molecule has 1 aromatic rings. The Morgan fingerprint density at radius 3 is 2.79 bits per heavy atom. The molecule has 0 saturated carbocycles. The number of pyridine rings is 1. The molecule has 1 heterocycles. The van der Waals surface area contributed by atoms with Crippen molar-refractivity contribution in [1.29, 1.82) is 0 Å². The number of carboxylic acids is 1. The van der Waals surface area contributed by atoms with Crippen molar-refractivity contribution in [3.8, 4) is 0 Å². The van der Waals surface area contributed by atoms with E-state index in [-0.39, 0.29) is 23.8 Å². The lowest BCUT2D eigenvalue weighted by molar-refractivity contribution is -0.137. The van der Waals surface area contributed by atoms with Crippen LogP contribution in [0.5, 0.6) is 0 Å². The number of sulfonamides is 1. The van der Waals surface area contributed by atoms with Gasteiger partial charge in [-0.3, -0.25) is 9.78 Å². The summed E-state index contributed by atoms with van der Waals surface area (Å²) in [7, 11) is -3.61. The molecule has 0 aromatic carbocycles. The smallest absolute Gasteiger partial charge is 0.303 e. The first-order chi connectivity index (χ1) is 8.81. The van der Waals surface area contributed by atoms with Gasteiger partial charge in [-0.25, -0.2) is 13.1 Å². The monoisotopic (exact) mass is 350 g/mol. The van der Waals surface area contributed by atoms with Crippen molar-refractivity contribution in [2.45, 2.75) is 24.7 Å². The SMILES string of the molecule is CC(CCC(=O)O)CNS(=O)(=O)c1cncc(Br)c1. The lowest BCUT2D eigenvalue weighted by Gasteiger charge is -2.11. The van der Waals surface area contributed by atoms with Crippen molar-refractivity contribution in [1.82, 2.24) is 9.71 Å². The van der Waals surface area contributed by atoms with Crippen LogP contribution in [0.4, 0.5) is 0 Å². The standard InChI is InChI=1S/C11H15BrN2O4S/c1-8(2-3-11(15)16)5-14-19(17,18)10-4-9(12)6-13-7-10/h4,6-8,14H,2-3,5H2,1H3,(H,15,16). The van der Waals surface area contributed by atoms with Crippen LogP contribution in [0.2, 0.25) is 0 Å². The molecule has 0 aliphatic carbocycles. The Morgan fingerprint density at radius 1 is 1.53 bits per heavy atom. The van der Waals surface area contributed by atoms with Crippen molar-refractivity contribution in [3.05, 3.63) is 22.9 Å². The normalized spacial score (nSPS) is 13.2. The molecule has 1 aromatic heterocycles. The van der Waals surface area contributed by atoms with Crippen LogP contribution in [0.1, 0.15) is 19.8 Å². The molecule has 0 aliphatic rings. The van der Waals surface area contributed by atoms with Crippen molar-refractivity contribution in [2.75, 3.05) is 6.54 Å². The highest BCUT2D eigenvalue weighted by molar-refractivity contribution is 9.10. The quantitative estimate of drug-likeness (QED) is 0.778. The summed E-state index contributed by atoms with van der Waals surface area (Å²) >= 11 is 3.16. The van der Waals surface area contributed by atoms with Gasteiger partial charge < -0.3 is 5.11 Å². The van der Waals surface area contributed by atoms with Crippen LogP contribution in [0.3, 0.4) is 0 Å². The molecule has 0 saturated heterocycles. The maximum atomic E-state index is 11.9. The third kappa shape index (κ3) is 5.66. The maximum Gasteiger partial charge on any atom is 0.303 e. The van der Waals surface area contributed by atoms with E-state index in [4.69, 9.17) is 5.11 Å². The van der Waals surface area contributed by atoms with Gasteiger partial charge in [0, 0.05) is 29.8 Å². The van der Waals surface area contributed by atoms with Crippen LogP contribution >= 0.6 is 15.9 Å². The molecule has 1 unspecified atom stereocenters. The Hall–Kier alpha value is -0.990. The van der Waals surface area contributed by atoms with E-state index in [1.54, 1.807) is 6.92 Å². The van der Waals surface area contributed by atoms with Gasteiger partial charge in [-0.2, -0.15) is 0 Å². The fraction of sp³-hybridized carbons (Fsp3) is 0.455. The number of nitrogens with zero attached hydrogens (tertiary/aromatic N) is 1. The molecule has 2 N–H and O–H groups in total. The van der Waals surface area contributed by atoms with Gasteiger partial charge in [0.1, 0.15) is 4.90 Å². The first-order valence-corrected chi connectivity index (χ1v) is 7.91. The Bertz CT molecular complexity index is 547. The van der Waals surface area contributed by atoms with Gasteiger partial charge in [0.25, 0.3) is 0 Å². The zero-order valence-electron chi connectivity index (χ0n) is 10.3. The van der Waals surface area contributed by atoms with Gasteiger partial charge in [0.2, 0.25) is 10.0 Å². The summed E-state index contributed by atoms with van der Waals surface area (Å²) in [5.74, 6) is -0.933. The van der Waals surface area contributed by atoms with E-state index in [1.807, 2.05) is 0 Å². The molecule has 8 heteroatoms. The summed E-state index contributed by atoms with van der Waals surface area (Å²) in [5.41, 5.74) is 0. The van der Waals surface area contributed by atoms with Crippen LogP contribution in [0.25, 0.3) is 0 Å². The average molecular weight is 351 g/mol. The van der Waals surface area contributed by atoms with E-state index in [0.29, 0.717) is 10.9 Å². The highest BCUT2D eigenvalue weighted by Gasteiger charge is 2.16. The number of hydrogen-bond donors (Lipinski definition) is 2. The van der Waals surface area contributed by atoms with E-state index < -0.39 is 16.0 Å². The van der Waals surface area contributed by atoms with Crippen LogP contribution < -0.4 is 4.72 Å². The summed E-state index contributed by atoms with van der Waals surface area (Å²) in [6, 6.07) is 1.46. The molecule has 1 rings (SSSR count). The Kier molecular flexibility index (Phi) is 5.89. The second kappa shape index (κ2) is 6.97. The lowest BCUT2D eigenvalue weighted by Crippen LogP contribution is -2.28. The number of carboxylic acid groups (broad SMARTS) is 1. The number of hydrogen-bond acceptors (Lipinski definition) is 4. The van der Waals surface area contributed by atoms with E-state index in [1.165, 1.54) is 18.5 Å². The molecule has 0 bridgehead atoms. The van der Waals surface area contributed by atoms with Gasteiger partial charge >= 0.3 is 5.97 Å². The van der Waals surface area contributed by atoms with Gasteiger partial charge in [-0.15, -0.1) is 0 Å². The van der Waals surface area contributed by atoms with Crippen molar-refractivity contribution < 1.29 is 18.3 Å². The van der Waals surface area contributed by atoms with Crippen LogP contribution in [0, 0.1) is 5.92 Å². The zero-order valence-corrected chi connectivity index (χ0v) is 12.7. The minimum atomic E-state index is -3.61. The zero-order chi connectivity index (χ0) is 14.5. The molecule has 0 spiro atoms. The summed E-state index contributed by atoms with van der Waals surface area (Å²) in [6.45, 7) is 1.99. The number of rotatable bonds is 7. The second-order valence-electron chi connectivity index (χ2n) is 4.23. The first kappa shape index (κ1) is 16.1. The Balaban J connectivity index is 2.58. The van der Waals surface area contributed by atoms with Gasteiger partial charge in [-0.05, 0) is 34.3 Å². The van der Waals surface area contributed by atoms with Crippen molar-refractivity contribution >= 4 is 31.9 Å². The Labute approximate surface area is 120 Å². The number of halogens is 1. The minimum Gasteiger partial charge on any atom is -0.481 e. The number of carbonyl (C=O) groups is 1. The average Bonchev–Trinajstić information content (AvgIpc) is 2.34. The minimum absolute atomic E-state index is 0.0291. The predicted octanol–water partition coefficient (Wildman–Crippen LogP) is 1.62.